The summed E-state index contributed by atoms with van der Waals surface area (Å²) in [6, 6.07) is 10.7. The Bertz CT molecular complexity index is 1460. The highest BCUT2D eigenvalue weighted by molar-refractivity contribution is 8.13. The zero-order valence-corrected chi connectivity index (χ0v) is 28.2. The SMILES string of the molecule is CCC(C)c1ncccc1-c1c(CC(C)(C)COC=O)c2cc(/C(=C/N)N=C(CCCCCCC=O)SC)ccc2n1CC. The van der Waals surface area contributed by atoms with Gasteiger partial charge in [-0.1, -0.05) is 46.6 Å². The molecule has 3 aromatic rings. The van der Waals surface area contributed by atoms with Crippen LogP contribution in [0.5, 0.6) is 0 Å². The Morgan fingerprint density at radius 3 is 2.59 bits per heavy atom. The Morgan fingerprint density at radius 1 is 1.16 bits per heavy atom. The predicted octanol–water partition coefficient (Wildman–Crippen LogP) is 8.54. The third kappa shape index (κ3) is 8.84. The van der Waals surface area contributed by atoms with Crippen LogP contribution in [0.4, 0.5) is 0 Å². The highest BCUT2D eigenvalue weighted by Crippen LogP contribution is 2.41. The Labute approximate surface area is 267 Å². The van der Waals surface area contributed by atoms with Gasteiger partial charge in [-0.3, -0.25) is 9.78 Å². The van der Waals surface area contributed by atoms with E-state index >= 15 is 0 Å². The van der Waals surface area contributed by atoms with E-state index in [-0.39, 0.29) is 5.41 Å². The lowest BCUT2D eigenvalue weighted by Gasteiger charge is -2.25. The molecule has 8 heteroatoms. The molecule has 2 aromatic heterocycles. The summed E-state index contributed by atoms with van der Waals surface area (Å²) in [7, 11) is 0. The number of carbonyl (C=O) groups excluding carboxylic acids is 2. The topological polar surface area (TPSA) is 99.6 Å². The molecule has 7 nitrogen and oxygen atoms in total. The number of nitrogens with zero attached hydrogens (tertiary/aromatic N) is 3. The molecule has 0 aliphatic rings. The molecule has 1 aromatic carbocycles. The second kappa shape index (κ2) is 17.2. The van der Waals surface area contributed by atoms with E-state index in [0.29, 0.717) is 31.8 Å². The number of hydrogen-bond acceptors (Lipinski definition) is 7. The number of ether oxygens (including phenoxy) is 1. The van der Waals surface area contributed by atoms with Crippen molar-refractivity contribution < 1.29 is 14.3 Å². The molecule has 3 rings (SSSR count). The van der Waals surface area contributed by atoms with Crippen LogP contribution >= 0.6 is 11.8 Å². The zero-order chi connectivity index (χ0) is 32.1. The van der Waals surface area contributed by atoms with Crippen LogP contribution in [0, 0.1) is 5.41 Å². The number of carbonyl (C=O) groups is 2. The number of fused-ring (bicyclic) bond motifs is 1. The number of hydrogen-bond donors (Lipinski definition) is 1. The minimum atomic E-state index is -0.292. The first-order valence-electron chi connectivity index (χ1n) is 15.9. The number of benzene rings is 1. The molecule has 2 N–H and O–H groups in total. The number of nitrogens with two attached hydrogens (primary N) is 1. The number of aryl methyl sites for hydroxylation is 1. The first-order valence-corrected chi connectivity index (χ1v) is 17.1. The van der Waals surface area contributed by atoms with Crippen molar-refractivity contribution in [3.05, 3.63) is 59.5 Å². The molecule has 2 heterocycles. The largest absolute Gasteiger partial charge is 0.467 e. The Morgan fingerprint density at radius 2 is 1.93 bits per heavy atom. The third-order valence-corrected chi connectivity index (χ3v) is 9.02. The van der Waals surface area contributed by atoms with Gasteiger partial charge >= 0.3 is 0 Å². The second-order valence-corrected chi connectivity index (χ2v) is 13.1. The molecule has 0 amide bonds. The minimum Gasteiger partial charge on any atom is -0.467 e. The summed E-state index contributed by atoms with van der Waals surface area (Å²) in [5.41, 5.74) is 13.4. The summed E-state index contributed by atoms with van der Waals surface area (Å²) < 4.78 is 7.66. The first kappa shape index (κ1) is 35.1. The van der Waals surface area contributed by atoms with Gasteiger partial charge in [0.15, 0.2) is 0 Å². The van der Waals surface area contributed by atoms with Crippen molar-refractivity contribution in [3.8, 4) is 11.3 Å². The molecule has 0 aliphatic carbocycles. The van der Waals surface area contributed by atoms with Crippen LogP contribution < -0.4 is 5.73 Å². The Balaban J connectivity index is 2.16. The number of aromatic nitrogens is 2. The van der Waals surface area contributed by atoms with E-state index in [4.69, 9.17) is 20.4 Å². The van der Waals surface area contributed by atoms with Crippen molar-refractivity contribution >= 4 is 46.2 Å². The van der Waals surface area contributed by atoms with Crippen molar-refractivity contribution in [1.82, 2.24) is 9.55 Å². The van der Waals surface area contributed by atoms with Crippen LogP contribution in [0.1, 0.15) is 102 Å². The zero-order valence-electron chi connectivity index (χ0n) is 27.4. The molecule has 0 saturated heterocycles. The third-order valence-electron chi connectivity index (χ3n) is 8.25. The van der Waals surface area contributed by atoms with Gasteiger partial charge in [-0.15, -0.1) is 11.8 Å². The predicted molar refractivity (Wildman–Crippen MR) is 186 cm³/mol. The minimum absolute atomic E-state index is 0.292. The molecule has 0 bridgehead atoms. The summed E-state index contributed by atoms with van der Waals surface area (Å²) in [5.74, 6) is 0.306. The smallest absolute Gasteiger partial charge is 0.293 e. The molecule has 1 unspecified atom stereocenters. The average molecular weight is 619 g/mol. The maximum absolute atomic E-state index is 11.1. The molecule has 44 heavy (non-hydrogen) atoms. The summed E-state index contributed by atoms with van der Waals surface area (Å²) in [6.07, 6.45) is 13.9. The van der Waals surface area contributed by atoms with E-state index in [2.05, 4.69) is 69.7 Å². The molecule has 0 radical (unpaired) electrons. The fraction of sp³-hybridized carbons (Fsp3) is 0.500. The lowest BCUT2D eigenvalue weighted by Crippen LogP contribution is -2.22. The van der Waals surface area contributed by atoms with E-state index in [0.717, 1.165) is 89.8 Å². The number of unbranched alkanes of at least 4 members (excludes halogenated alkanes) is 4. The highest BCUT2D eigenvalue weighted by Gasteiger charge is 2.28. The van der Waals surface area contributed by atoms with Crippen LogP contribution in [-0.4, -0.2) is 40.2 Å². The maximum Gasteiger partial charge on any atom is 0.293 e. The van der Waals surface area contributed by atoms with Gasteiger partial charge in [-0.25, -0.2) is 4.99 Å². The number of pyridine rings is 1. The molecule has 1 atom stereocenters. The monoisotopic (exact) mass is 618 g/mol. The van der Waals surface area contributed by atoms with Gasteiger partial charge < -0.3 is 19.8 Å². The van der Waals surface area contributed by atoms with Gasteiger partial charge in [0.2, 0.25) is 0 Å². The summed E-state index contributed by atoms with van der Waals surface area (Å²) >= 11 is 1.66. The summed E-state index contributed by atoms with van der Waals surface area (Å²) in [4.78, 5) is 31.6. The molecular weight excluding hydrogens is 568 g/mol. The van der Waals surface area contributed by atoms with Gasteiger partial charge in [-0.2, -0.15) is 0 Å². The standard InChI is InChI=1S/C36H50N4O3S/c1-7-26(3)34-28(15-14-19-38-34)35-30(22-36(4,5)24-43-25-42)29-21-27(17-18-32(29)40(35)8-2)31(23-37)39-33(44-6)16-12-10-9-11-13-20-41/h14-15,17-21,23,25-26H,7-13,16,22,24,37H2,1-6H3/b31-23-,39-33?. The van der Waals surface area contributed by atoms with Crippen LogP contribution in [0.25, 0.3) is 27.9 Å². The highest BCUT2D eigenvalue weighted by atomic mass is 32.2. The van der Waals surface area contributed by atoms with Crippen molar-refractivity contribution in [2.75, 3.05) is 12.9 Å². The van der Waals surface area contributed by atoms with E-state index in [1.165, 1.54) is 11.3 Å². The Hall–Kier alpha value is -3.39. The number of rotatable bonds is 18. The number of thioether (sulfide) groups is 1. The van der Waals surface area contributed by atoms with Gasteiger partial charge in [-0.05, 0) is 81.0 Å². The van der Waals surface area contributed by atoms with E-state index < -0.39 is 0 Å². The van der Waals surface area contributed by atoms with Crippen LogP contribution in [0.3, 0.4) is 0 Å². The van der Waals surface area contributed by atoms with Crippen molar-refractivity contribution in [3.63, 3.8) is 0 Å². The van der Waals surface area contributed by atoms with E-state index in [1.54, 1.807) is 18.0 Å². The summed E-state index contributed by atoms with van der Waals surface area (Å²) in [5, 5.41) is 2.19. The fourth-order valence-corrected chi connectivity index (χ4v) is 6.32. The van der Waals surface area contributed by atoms with Crippen LogP contribution in [0.2, 0.25) is 0 Å². The van der Waals surface area contributed by atoms with Crippen molar-refractivity contribution in [1.29, 1.82) is 0 Å². The first-order chi connectivity index (χ1) is 21.2. The number of aliphatic imine (C=N–C) groups is 1. The van der Waals surface area contributed by atoms with Crippen molar-refractivity contribution in [2.45, 2.75) is 98.4 Å². The van der Waals surface area contributed by atoms with Crippen LogP contribution in [-0.2, 0) is 27.3 Å². The van der Waals surface area contributed by atoms with Crippen molar-refractivity contribution in [2.24, 2.45) is 16.1 Å². The molecular formula is C36H50N4O3S. The normalized spacial score (nSPS) is 13.3. The van der Waals surface area contributed by atoms with E-state index in [1.807, 2.05) is 12.3 Å². The lowest BCUT2D eigenvalue weighted by atomic mass is 9.84. The quantitative estimate of drug-likeness (QED) is 0.0664. The van der Waals surface area contributed by atoms with Gasteiger partial charge in [0, 0.05) is 52.8 Å². The Kier molecular flexibility index (Phi) is 13.7. The van der Waals surface area contributed by atoms with Gasteiger partial charge in [0.1, 0.15) is 6.29 Å². The second-order valence-electron chi connectivity index (χ2n) is 12.2. The summed E-state index contributed by atoms with van der Waals surface area (Å²) in [6.45, 7) is 12.5. The molecule has 238 valence electrons. The van der Waals surface area contributed by atoms with E-state index in [9.17, 15) is 9.59 Å². The van der Waals surface area contributed by atoms with Gasteiger partial charge in [0.05, 0.1) is 28.7 Å². The molecule has 0 saturated carbocycles. The molecule has 0 spiro atoms. The van der Waals surface area contributed by atoms with Crippen LogP contribution in [0.15, 0.2) is 47.7 Å². The maximum atomic E-state index is 11.1. The molecule has 0 aliphatic heterocycles. The number of aldehydes is 1. The molecule has 0 fully saturated rings. The van der Waals surface area contributed by atoms with Gasteiger partial charge in [0.25, 0.3) is 6.47 Å². The fourth-order valence-electron chi connectivity index (χ4n) is 5.79. The average Bonchev–Trinajstić information content (AvgIpc) is 3.34. The lowest BCUT2D eigenvalue weighted by molar-refractivity contribution is -0.131.